The van der Waals surface area contributed by atoms with Gasteiger partial charge in [-0.3, -0.25) is 4.79 Å². The summed E-state index contributed by atoms with van der Waals surface area (Å²) in [7, 11) is 1.64. The standard InChI is InChI=1S/C21H20F2N2O/c1-3-7-20(16-8-5-4-6-9-16)25(2)21(26)17(14-24)12-15-10-11-18(22)19(23)13-15/h4-6,8-13,20H,3,7H2,1-2H3/b17-12+. The van der Waals surface area contributed by atoms with E-state index in [1.165, 1.54) is 17.0 Å². The fraction of sp³-hybridized carbons (Fsp3) is 0.238. The molecule has 0 bridgehead atoms. The Labute approximate surface area is 152 Å². The Morgan fingerprint density at radius 3 is 2.46 bits per heavy atom. The van der Waals surface area contributed by atoms with E-state index in [2.05, 4.69) is 0 Å². The van der Waals surface area contributed by atoms with Crippen LogP contribution in [0.2, 0.25) is 0 Å². The molecule has 2 rings (SSSR count). The first-order valence-corrected chi connectivity index (χ1v) is 8.36. The van der Waals surface area contributed by atoms with E-state index in [9.17, 15) is 18.8 Å². The summed E-state index contributed by atoms with van der Waals surface area (Å²) >= 11 is 0. The number of hydrogen-bond donors (Lipinski definition) is 0. The van der Waals surface area contributed by atoms with E-state index in [-0.39, 0.29) is 17.2 Å². The number of rotatable bonds is 6. The molecule has 0 fully saturated rings. The van der Waals surface area contributed by atoms with Crippen molar-refractivity contribution < 1.29 is 13.6 Å². The van der Waals surface area contributed by atoms with Crippen molar-refractivity contribution in [2.24, 2.45) is 0 Å². The van der Waals surface area contributed by atoms with Crippen LogP contribution in [0.4, 0.5) is 8.78 Å². The summed E-state index contributed by atoms with van der Waals surface area (Å²) in [5, 5.41) is 9.38. The second-order valence-electron chi connectivity index (χ2n) is 5.97. The van der Waals surface area contributed by atoms with Gasteiger partial charge in [0, 0.05) is 7.05 Å². The Morgan fingerprint density at radius 1 is 1.19 bits per heavy atom. The molecular weight excluding hydrogens is 334 g/mol. The number of carbonyl (C=O) groups is 1. The molecule has 0 N–H and O–H groups in total. The number of benzene rings is 2. The SMILES string of the molecule is CCCC(c1ccccc1)N(C)C(=O)/C(C#N)=C/c1ccc(F)c(F)c1. The van der Waals surface area contributed by atoms with Gasteiger partial charge in [-0.25, -0.2) is 8.78 Å². The fourth-order valence-electron chi connectivity index (χ4n) is 2.77. The van der Waals surface area contributed by atoms with Crippen molar-refractivity contribution in [2.45, 2.75) is 25.8 Å². The zero-order valence-corrected chi connectivity index (χ0v) is 14.7. The van der Waals surface area contributed by atoms with E-state index in [1.54, 1.807) is 7.05 Å². The van der Waals surface area contributed by atoms with Crippen molar-refractivity contribution >= 4 is 12.0 Å². The molecule has 1 amide bonds. The summed E-state index contributed by atoms with van der Waals surface area (Å²) in [5.41, 5.74) is 1.11. The summed E-state index contributed by atoms with van der Waals surface area (Å²) in [6.45, 7) is 2.02. The van der Waals surface area contributed by atoms with Crippen LogP contribution in [0.3, 0.4) is 0 Å². The monoisotopic (exact) mass is 354 g/mol. The normalized spacial score (nSPS) is 12.3. The van der Waals surface area contributed by atoms with Crippen LogP contribution < -0.4 is 0 Å². The van der Waals surface area contributed by atoms with E-state index in [0.717, 1.165) is 30.5 Å². The number of amides is 1. The van der Waals surface area contributed by atoms with Crippen LogP contribution in [0.5, 0.6) is 0 Å². The highest BCUT2D eigenvalue weighted by Crippen LogP contribution is 2.26. The highest BCUT2D eigenvalue weighted by Gasteiger charge is 2.23. The van der Waals surface area contributed by atoms with Crippen LogP contribution in [0.15, 0.2) is 54.1 Å². The van der Waals surface area contributed by atoms with E-state index in [1.807, 2.05) is 43.3 Å². The third-order valence-corrected chi connectivity index (χ3v) is 4.14. The van der Waals surface area contributed by atoms with Crippen molar-refractivity contribution in [3.05, 3.63) is 76.9 Å². The summed E-state index contributed by atoms with van der Waals surface area (Å²) in [6.07, 6.45) is 2.89. The number of hydrogen-bond acceptors (Lipinski definition) is 2. The highest BCUT2D eigenvalue weighted by molar-refractivity contribution is 6.01. The van der Waals surface area contributed by atoms with Gasteiger partial charge >= 0.3 is 0 Å². The molecule has 1 unspecified atom stereocenters. The first-order valence-electron chi connectivity index (χ1n) is 8.36. The number of likely N-dealkylation sites (N-methyl/N-ethyl adjacent to an activating group) is 1. The van der Waals surface area contributed by atoms with Gasteiger partial charge in [0.2, 0.25) is 0 Å². The first kappa shape index (κ1) is 19.3. The topological polar surface area (TPSA) is 44.1 Å². The highest BCUT2D eigenvalue weighted by atomic mass is 19.2. The average molecular weight is 354 g/mol. The molecule has 0 heterocycles. The summed E-state index contributed by atoms with van der Waals surface area (Å²) < 4.78 is 26.4. The lowest BCUT2D eigenvalue weighted by Crippen LogP contribution is -2.32. The quantitative estimate of drug-likeness (QED) is 0.549. The van der Waals surface area contributed by atoms with Gasteiger partial charge in [-0.1, -0.05) is 49.7 Å². The van der Waals surface area contributed by atoms with Gasteiger partial charge in [0.25, 0.3) is 5.91 Å². The molecule has 1 atom stereocenters. The number of carbonyl (C=O) groups excluding carboxylic acids is 1. The minimum atomic E-state index is -1.02. The molecule has 5 heteroatoms. The lowest BCUT2D eigenvalue weighted by molar-refractivity contribution is -0.127. The number of nitriles is 1. The Morgan fingerprint density at radius 2 is 1.88 bits per heavy atom. The molecule has 26 heavy (non-hydrogen) atoms. The largest absolute Gasteiger partial charge is 0.334 e. The molecule has 0 radical (unpaired) electrons. The number of nitrogens with zero attached hydrogens (tertiary/aromatic N) is 2. The van der Waals surface area contributed by atoms with Crippen molar-refractivity contribution in [1.29, 1.82) is 5.26 Å². The van der Waals surface area contributed by atoms with E-state index >= 15 is 0 Å². The van der Waals surface area contributed by atoms with Crippen LogP contribution in [-0.2, 0) is 4.79 Å². The maximum absolute atomic E-state index is 13.4. The third-order valence-electron chi connectivity index (χ3n) is 4.14. The smallest absolute Gasteiger partial charge is 0.264 e. The maximum atomic E-state index is 13.4. The van der Waals surface area contributed by atoms with Crippen molar-refractivity contribution in [3.8, 4) is 6.07 Å². The van der Waals surface area contributed by atoms with Crippen LogP contribution in [0.1, 0.15) is 36.9 Å². The zero-order valence-electron chi connectivity index (χ0n) is 14.7. The van der Waals surface area contributed by atoms with Crippen LogP contribution in [0, 0.1) is 23.0 Å². The van der Waals surface area contributed by atoms with Gasteiger partial charge in [-0.05, 0) is 35.8 Å². The Bertz CT molecular complexity index is 841. The summed E-state index contributed by atoms with van der Waals surface area (Å²) in [5.74, 6) is -2.46. The molecule has 2 aromatic rings. The lowest BCUT2D eigenvalue weighted by Gasteiger charge is -2.28. The Kier molecular flexibility index (Phi) is 6.62. The molecule has 0 aliphatic heterocycles. The van der Waals surface area contributed by atoms with Crippen molar-refractivity contribution in [1.82, 2.24) is 4.90 Å². The van der Waals surface area contributed by atoms with Crippen LogP contribution >= 0.6 is 0 Å². The molecule has 3 nitrogen and oxygen atoms in total. The molecule has 0 saturated carbocycles. The molecule has 0 aliphatic rings. The van der Waals surface area contributed by atoms with E-state index in [0.29, 0.717) is 0 Å². The molecule has 0 aromatic heterocycles. The first-order chi connectivity index (χ1) is 12.5. The predicted octanol–water partition coefficient (Wildman–Crippen LogP) is 4.87. The van der Waals surface area contributed by atoms with Crippen molar-refractivity contribution in [3.63, 3.8) is 0 Å². The van der Waals surface area contributed by atoms with E-state index in [4.69, 9.17) is 0 Å². The van der Waals surface area contributed by atoms with Gasteiger partial charge < -0.3 is 4.90 Å². The molecule has 2 aromatic carbocycles. The zero-order chi connectivity index (χ0) is 19.1. The van der Waals surface area contributed by atoms with Gasteiger partial charge in [-0.15, -0.1) is 0 Å². The van der Waals surface area contributed by atoms with Crippen molar-refractivity contribution in [2.75, 3.05) is 7.05 Å². The van der Waals surface area contributed by atoms with Gasteiger partial charge in [0.05, 0.1) is 6.04 Å². The van der Waals surface area contributed by atoms with Gasteiger partial charge in [0.1, 0.15) is 11.6 Å². The minimum absolute atomic E-state index is 0.129. The second kappa shape index (κ2) is 8.91. The molecular formula is C21H20F2N2O. The average Bonchev–Trinajstić information content (AvgIpc) is 2.66. The maximum Gasteiger partial charge on any atom is 0.264 e. The van der Waals surface area contributed by atoms with E-state index < -0.39 is 17.5 Å². The van der Waals surface area contributed by atoms with Gasteiger partial charge in [-0.2, -0.15) is 5.26 Å². The van der Waals surface area contributed by atoms with Crippen LogP contribution in [0.25, 0.3) is 6.08 Å². The van der Waals surface area contributed by atoms with Gasteiger partial charge in [0.15, 0.2) is 11.6 Å². The minimum Gasteiger partial charge on any atom is -0.334 e. The summed E-state index contributed by atoms with van der Waals surface area (Å²) in [4.78, 5) is 14.3. The third kappa shape index (κ3) is 4.54. The Hall–Kier alpha value is -3.00. The molecule has 0 aliphatic carbocycles. The summed E-state index contributed by atoms with van der Waals surface area (Å²) in [6, 6.07) is 14.5. The lowest BCUT2D eigenvalue weighted by atomic mass is 10.00. The fourth-order valence-corrected chi connectivity index (χ4v) is 2.77. The predicted molar refractivity (Wildman–Crippen MR) is 96.8 cm³/mol. The Balaban J connectivity index is 2.31. The molecule has 0 saturated heterocycles. The second-order valence-corrected chi connectivity index (χ2v) is 5.97. The molecule has 134 valence electrons. The molecule has 0 spiro atoms. The number of halogens is 2. The van der Waals surface area contributed by atoms with Crippen LogP contribution in [-0.4, -0.2) is 17.9 Å².